The molecule has 0 aliphatic rings. The minimum atomic E-state index is -3.13. The maximum Gasteiger partial charge on any atom is 0.358 e. The first-order valence-corrected chi connectivity index (χ1v) is 7.43. The maximum absolute atomic E-state index is 11.1. The molecule has 1 rings (SSSR count). The third-order valence-electron chi connectivity index (χ3n) is 2.32. The van der Waals surface area contributed by atoms with Gasteiger partial charge in [0.1, 0.15) is 9.84 Å². The van der Waals surface area contributed by atoms with Crippen LogP contribution < -0.4 is 0 Å². The van der Waals surface area contributed by atoms with Crippen molar-refractivity contribution in [2.24, 2.45) is 0 Å². The van der Waals surface area contributed by atoms with Gasteiger partial charge in [-0.2, -0.15) is 0 Å². The van der Waals surface area contributed by atoms with Crippen molar-refractivity contribution in [3.05, 3.63) is 11.4 Å². The normalized spacial score (nSPS) is 12.7. The SMILES string of the molecule is CC(C)(C)c1c(C(=O)O)nnn1CCS(C)(=O)=O. The van der Waals surface area contributed by atoms with Crippen LogP contribution in [0.5, 0.6) is 0 Å². The van der Waals surface area contributed by atoms with Gasteiger partial charge >= 0.3 is 5.97 Å². The number of aryl methyl sites for hydroxylation is 1. The molecule has 1 aromatic heterocycles. The molecule has 0 aliphatic heterocycles. The lowest BCUT2D eigenvalue weighted by Crippen LogP contribution is -2.24. The van der Waals surface area contributed by atoms with Crippen LogP contribution >= 0.6 is 0 Å². The highest BCUT2D eigenvalue weighted by molar-refractivity contribution is 7.90. The van der Waals surface area contributed by atoms with Gasteiger partial charge in [-0.25, -0.2) is 17.9 Å². The summed E-state index contributed by atoms with van der Waals surface area (Å²) in [7, 11) is -3.13. The highest BCUT2D eigenvalue weighted by atomic mass is 32.2. The van der Waals surface area contributed by atoms with E-state index in [1.165, 1.54) is 4.68 Å². The summed E-state index contributed by atoms with van der Waals surface area (Å²) >= 11 is 0. The van der Waals surface area contributed by atoms with E-state index in [0.717, 1.165) is 6.26 Å². The quantitative estimate of drug-likeness (QED) is 0.849. The average Bonchev–Trinajstić information content (AvgIpc) is 2.56. The molecule has 0 aliphatic carbocycles. The van der Waals surface area contributed by atoms with Crippen LogP contribution in [0.25, 0.3) is 0 Å². The average molecular weight is 275 g/mol. The van der Waals surface area contributed by atoms with Gasteiger partial charge in [-0.15, -0.1) is 5.10 Å². The van der Waals surface area contributed by atoms with E-state index in [4.69, 9.17) is 5.11 Å². The Hall–Kier alpha value is -1.44. The van der Waals surface area contributed by atoms with Crippen molar-refractivity contribution >= 4 is 15.8 Å². The number of aromatic carboxylic acids is 1. The van der Waals surface area contributed by atoms with Crippen LogP contribution in [-0.2, 0) is 21.8 Å². The van der Waals surface area contributed by atoms with E-state index >= 15 is 0 Å². The first kappa shape index (κ1) is 14.6. The molecular weight excluding hydrogens is 258 g/mol. The number of nitrogens with zero attached hydrogens (tertiary/aromatic N) is 3. The summed E-state index contributed by atoms with van der Waals surface area (Å²) in [6, 6.07) is 0. The van der Waals surface area contributed by atoms with Crippen molar-refractivity contribution in [2.45, 2.75) is 32.7 Å². The van der Waals surface area contributed by atoms with Crippen LogP contribution in [0.3, 0.4) is 0 Å². The van der Waals surface area contributed by atoms with Crippen LogP contribution in [0.2, 0.25) is 0 Å². The van der Waals surface area contributed by atoms with Gasteiger partial charge in [-0.05, 0) is 0 Å². The lowest BCUT2D eigenvalue weighted by molar-refractivity contribution is 0.0687. The largest absolute Gasteiger partial charge is 0.476 e. The van der Waals surface area contributed by atoms with E-state index in [2.05, 4.69) is 10.3 Å². The molecule has 0 saturated heterocycles. The van der Waals surface area contributed by atoms with Crippen molar-refractivity contribution in [3.8, 4) is 0 Å². The second-order valence-electron chi connectivity index (χ2n) is 5.19. The monoisotopic (exact) mass is 275 g/mol. The minimum Gasteiger partial charge on any atom is -0.476 e. The number of carbonyl (C=O) groups is 1. The molecule has 0 spiro atoms. The van der Waals surface area contributed by atoms with E-state index in [0.29, 0.717) is 5.69 Å². The predicted molar refractivity (Wildman–Crippen MR) is 65.4 cm³/mol. The van der Waals surface area contributed by atoms with Gasteiger partial charge in [0.05, 0.1) is 18.0 Å². The maximum atomic E-state index is 11.1. The highest BCUT2D eigenvalue weighted by Gasteiger charge is 2.29. The Labute approximate surface area is 106 Å². The fraction of sp³-hybridized carbons (Fsp3) is 0.700. The van der Waals surface area contributed by atoms with Gasteiger partial charge in [-0.3, -0.25) is 0 Å². The standard InChI is InChI=1S/C10H17N3O4S/c1-10(2,3)8-7(9(14)15)11-12-13(8)5-6-18(4,16)17/h5-6H2,1-4H3,(H,14,15). The molecule has 1 aromatic rings. The Kier molecular flexibility index (Phi) is 3.80. The number of carboxylic acids is 1. The van der Waals surface area contributed by atoms with E-state index in [1.54, 1.807) is 0 Å². The van der Waals surface area contributed by atoms with E-state index < -0.39 is 21.2 Å². The summed E-state index contributed by atoms with van der Waals surface area (Å²) in [6.07, 6.45) is 1.12. The molecule has 102 valence electrons. The van der Waals surface area contributed by atoms with Gasteiger partial charge < -0.3 is 5.11 Å². The van der Waals surface area contributed by atoms with E-state index in [-0.39, 0.29) is 18.0 Å². The van der Waals surface area contributed by atoms with Crippen LogP contribution in [0.4, 0.5) is 0 Å². The molecule has 0 aromatic carbocycles. The first-order valence-electron chi connectivity index (χ1n) is 5.37. The summed E-state index contributed by atoms with van der Waals surface area (Å²) in [6.45, 7) is 5.59. The molecule has 18 heavy (non-hydrogen) atoms. The number of carboxylic acid groups (broad SMARTS) is 1. The molecule has 0 unspecified atom stereocenters. The lowest BCUT2D eigenvalue weighted by atomic mass is 9.90. The summed E-state index contributed by atoms with van der Waals surface area (Å²) < 4.78 is 23.6. The van der Waals surface area contributed by atoms with Gasteiger partial charge in [0, 0.05) is 11.7 Å². The fourth-order valence-electron chi connectivity index (χ4n) is 1.61. The lowest BCUT2D eigenvalue weighted by Gasteiger charge is -2.20. The third kappa shape index (κ3) is 3.52. The van der Waals surface area contributed by atoms with Crippen LogP contribution in [-0.4, -0.2) is 46.5 Å². The molecule has 8 heteroatoms. The van der Waals surface area contributed by atoms with E-state index in [1.807, 2.05) is 20.8 Å². The molecular formula is C10H17N3O4S. The predicted octanol–water partition coefficient (Wildman–Crippen LogP) is 0.318. The minimum absolute atomic E-state index is 0.0987. The molecule has 1 N–H and O–H groups in total. The molecule has 0 fully saturated rings. The number of hydrogen-bond acceptors (Lipinski definition) is 5. The zero-order valence-electron chi connectivity index (χ0n) is 10.8. The summed E-state index contributed by atoms with van der Waals surface area (Å²) in [5, 5.41) is 16.4. The highest BCUT2D eigenvalue weighted by Crippen LogP contribution is 2.24. The molecule has 0 saturated carbocycles. The van der Waals surface area contributed by atoms with Gasteiger partial charge in [0.2, 0.25) is 0 Å². The zero-order chi connectivity index (χ0) is 14.1. The molecule has 1 heterocycles. The third-order valence-corrected chi connectivity index (χ3v) is 3.25. The summed E-state index contributed by atoms with van der Waals surface area (Å²) in [5.74, 6) is -1.26. The molecule has 0 radical (unpaired) electrons. The Morgan fingerprint density at radius 1 is 1.39 bits per heavy atom. The topological polar surface area (TPSA) is 102 Å². The van der Waals surface area contributed by atoms with Crippen LogP contribution in [0.15, 0.2) is 0 Å². The molecule has 0 atom stereocenters. The first-order chi connectivity index (χ1) is 8.02. The molecule has 0 amide bonds. The van der Waals surface area contributed by atoms with Crippen molar-refractivity contribution in [1.29, 1.82) is 0 Å². The fourth-order valence-corrected chi connectivity index (χ4v) is 2.11. The summed E-state index contributed by atoms with van der Waals surface area (Å²) in [5.41, 5.74) is -0.177. The Morgan fingerprint density at radius 2 is 1.94 bits per heavy atom. The Morgan fingerprint density at radius 3 is 2.33 bits per heavy atom. The summed E-state index contributed by atoms with van der Waals surface area (Å²) in [4.78, 5) is 11.0. The Bertz CT molecular complexity index is 554. The Balaban J connectivity index is 3.18. The van der Waals surface area contributed by atoms with Crippen molar-refractivity contribution < 1.29 is 18.3 Å². The van der Waals surface area contributed by atoms with Crippen molar-refractivity contribution in [2.75, 3.05) is 12.0 Å². The van der Waals surface area contributed by atoms with Crippen LogP contribution in [0, 0.1) is 0 Å². The van der Waals surface area contributed by atoms with Crippen molar-refractivity contribution in [3.63, 3.8) is 0 Å². The van der Waals surface area contributed by atoms with Gasteiger partial charge in [-0.1, -0.05) is 26.0 Å². The van der Waals surface area contributed by atoms with Gasteiger partial charge in [0.15, 0.2) is 5.69 Å². The number of rotatable bonds is 4. The number of sulfone groups is 1. The number of hydrogen-bond donors (Lipinski definition) is 1. The van der Waals surface area contributed by atoms with Crippen LogP contribution in [0.1, 0.15) is 37.0 Å². The second-order valence-corrected chi connectivity index (χ2v) is 7.45. The zero-order valence-corrected chi connectivity index (χ0v) is 11.7. The van der Waals surface area contributed by atoms with Crippen molar-refractivity contribution in [1.82, 2.24) is 15.0 Å². The smallest absolute Gasteiger partial charge is 0.358 e. The number of aromatic nitrogens is 3. The molecule has 0 bridgehead atoms. The van der Waals surface area contributed by atoms with Gasteiger partial charge in [0.25, 0.3) is 0 Å². The van der Waals surface area contributed by atoms with E-state index in [9.17, 15) is 13.2 Å². The second kappa shape index (κ2) is 4.68. The molecule has 7 nitrogen and oxygen atoms in total.